The lowest BCUT2D eigenvalue weighted by Crippen LogP contribution is -2.43. The molecule has 2 rings (SSSR count). The highest BCUT2D eigenvalue weighted by Crippen LogP contribution is 2.39. The van der Waals surface area contributed by atoms with Crippen LogP contribution in [0.1, 0.15) is 51.0 Å². The standard InChI is InChI=1S/C18H24O3/c1-2-21-17(20)18(13-7-6-12-16(18)19)14-8-11-15-9-4-3-5-10-15/h3-5,9-10H,2,6-8,11-14H2,1H3. The third-order valence-corrected chi connectivity index (χ3v) is 4.37. The van der Waals surface area contributed by atoms with Crippen molar-refractivity contribution in [2.24, 2.45) is 5.41 Å². The van der Waals surface area contributed by atoms with Crippen molar-refractivity contribution in [1.29, 1.82) is 0 Å². The van der Waals surface area contributed by atoms with Crippen LogP contribution in [0.25, 0.3) is 0 Å². The van der Waals surface area contributed by atoms with Gasteiger partial charge in [0.15, 0.2) is 0 Å². The molecule has 1 aliphatic carbocycles. The number of hydrogen-bond acceptors (Lipinski definition) is 3. The van der Waals surface area contributed by atoms with Gasteiger partial charge in [-0.3, -0.25) is 9.59 Å². The lowest BCUT2D eigenvalue weighted by atomic mass is 9.69. The smallest absolute Gasteiger partial charge is 0.319 e. The molecule has 0 radical (unpaired) electrons. The predicted octanol–water partition coefficient (Wildman–Crippen LogP) is 3.70. The molecule has 0 N–H and O–H groups in total. The molecule has 114 valence electrons. The summed E-state index contributed by atoms with van der Waals surface area (Å²) in [6.07, 6.45) is 5.36. The monoisotopic (exact) mass is 288 g/mol. The Morgan fingerprint density at radius 2 is 2.00 bits per heavy atom. The normalized spacial score (nSPS) is 22.0. The Morgan fingerprint density at radius 3 is 2.67 bits per heavy atom. The first-order chi connectivity index (χ1) is 10.2. The Morgan fingerprint density at radius 1 is 1.24 bits per heavy atom. The van der Waals surface area contributed by atoms with E-state index in [1.807, 2.05) is 18.2 Å². The van der Waals surface area contributed by atoms with Gasteiger partial charge in [0.05, 0.1) is 6.61 Å². The van der Waals surface area contributed by atoms with Crippen LogP contribution in [0.3, 0.4) is 0 Å². The maximum atomic E-state index is 12.4. The molecule has 0 aliphatic heterocycles. The van der Waals surface area contributed by atoms with E-state index < -0.39 is 5.41 Å². The summed E-state index contributed by atoms with van der Waals surface area (Å²) in [4.78, 5) is 24.7. The van der Waals surface area contributed by atoms with Crippen LogP contribution in [-0.2, 0) is 20.7 Å². The highest BCUT2D eigenvalue weighted by Gasteiger charge is 2.47. The highest BCUT2D eigenvalue weighted by atomic mass is 16.5. The average molecular weight is 288 g/mol. The molecule has 0 saturated heterocycles. The summed E-state index contributed by atoms with van der Waals surface area (Å²) < 4.78 is 5.20. The van der Waals surface area contributed by atoms with Gasteiger partial charge in [0.1, 0.15) is 11.2 Å². The third-order valence-electron chi connectivity index (χ3n) is 4.37. The molecule has 0 bridgehead atoms. The van der Waals surface area contributed by atoms with Crippen LogP contribution in [0.15, 0.2) is 30.3 Å². The van der Waals surface area contributed by atoms with E-state index >= 15 is 0 Å². The molecule has 3 heteroatoms. The van der Waals surface area contributed by atoms with Crippen molar-refractivity contribution < 1.29 is 14.3 Å². The SMILES string of the molecule is CCOC(=O)C1(CCCc2ccccc2)CCCCC1=O. The Balaban J connectivity index is 2.02. The molecule has 0 aromatic heterocycles. The Bertz CT molecular complexity index is 480. The highest BCUT2D eigenvalue weighted by molar-refractivity contribution is 6.04. The van der Waals surface area contributed by atoms with E-state index in [1.165, 1.54) is 5.56 Å². The zero-order valence-corrected chi connectivity index (χ0v) is 12.8. The first-order valence-corrected chi connectivity index (χ1v) is 7.93. The summed E-state index contributed by atoms with van der Waals surface area (Å²) in [5, 5.41) is 0. The van der Waals surface area contributed by atoms with Crippen LogP contribution in [0, 0.1) is 5.41 Å². The number of hydrogen-bond donors (Lipinski definition) is 0. The molecule has 1 aliphatic rings. The van der Waals surface area contributed by atoms with Crippen LogP contribution in [0.2, 0.25) is 0 Å². The number of benzene rings is 1. The summed E-state index contributed by atoms with van der Waals surface area (Å²) in [6.45, 7) is 2.13. The predicted molar refractivity (Wildman–Crippen MR) is 81.9 cm³/mol. The number of Topliss-reactive ketones (excluding diaryl/α,β-unsaturated/α-hetero) is 1. The molecular formula is C18H24O3. The number of ether oxygens (including phenoxy) is 1. The molecule has 1 aromatic carbocycles. The van der Waals surface area contributed by atoms with Crippen LogP contribution in [-0.4, -0.2) is 18.4 Å². The molecule has 0 amide bonds. The van der Waals surface area contributed by atoms with Crippen molar-refractivity contribution in [3.63, 3.8) is 0 Å². The number of esters is 1. The number of carbonyl (C=O) groups excluding carboxylic acids is 2. The molecule has 1 unspecified atom stereocenters. The van der Waals surface area contributed by atoms with Gasteiger partial charge < -0.3 is 4.74 Å². The molecule has 3 nitrogen and oxygen atoms in total. The minimum atomic E-state index is -0.872. The summed E-state index contributed by atoms with van der Waals surface area (Å²) in [7, 11) is 0. The molecule has 21 heavy (non-hydrogen) atoms. The lowest BCUT2D eigenvalue weighted by molar-refractivity contribution is -0.163. The van der Waals surface area contributed by atoms with Gasteiger partial charge in [-0.1, -0.05) is 36.8 Å². The molecule has 1 atom stereocenters. The van der Waals surface area contributed by atoms with E-state index in [-0.39, 0.29) is 11.8 Å². The van der Waals surface area contributed by atoms with Crippen molar-refractivity contribution in [2.75, 3.05) is 6.61 Å². The topological polar surface area (TPSA) is 43.4 Å². The van der Waals surface area contributed by atoms with Crippen molar-refractivity contribution in [3.05, 3.63) is 35.9 Å². The summed E-state index contributed by atoms with van der Waals surface area (Å²) in [6, 6.07) is 10.2. The number of aryl methyl sites for hydroxylation is 1. The minimum Gasteiger partial charge on any atom is -0.465 e. The van der Waals surface area contributed by atoms with Gasteiger partial charge in [-0.25, -0.2) is 0 Å². The van der Waals surface area contributed by atoms with Crippen LogP contribution in [0.5, 0.6) is 0 Å². The quantitative estimate of drug-likeness (QED) is 0.592. The number of ketones is 1. The third kappa shape index (κ3) is 3.72. The molecule has 0 heterocycles. The molecule has 1 fully saturated rings. The average Bonchev–Trinajstić information content (AvgIpc) is 2.50. The largest absolute Gasteiger partial charge is 0.465 e. The number of carbonyl (C=O) groups is 2. The van der Waals surface area contributed by atoms with Crippen molar-refractivity contribution >= 4 is 11.8 Å². The maximum absolute atomic E-state index is 12.4. The van der Waals surface area contributed by atoms with E-state index in [9.17, 15) is 9.59 Å². The Labute approximate surface area is 126 Å². The lowest BCUT2D eigenvalue weighted by Gasteiger charge is -2.33. The van der Waals surface area contributed by atoms with Gasteiger partial charge in [-0.05, 0) is 44.6 Å². The van der Waals surface area contributed by atoms with Crippen LogP contribution < -0.4 is 0 Å². The van der Waals surface area contributed by atoms with Crippen LogP contribution >= 0.6 is 0 Å². The van der Waals surface area contributed by atoms with E-state index in [1.54, 1.807) is 6.92 Å². The van der Waals surface area contributed by atoms with Gasteiger partial charge in [0.2, 0.25) is 0 Å². The molecular weight excluding hydrogens is 264 g/mol. The molecule has 1 saturated carbocycles. The Hall–Kier alpha value is -1.64. The fourth-order valence-corrected chi connectivity index (χ4v) is 3.18. The molecule has 1 aromatic rings. The van der Waals surface area contributed by atoms with Gasteiger partial charge in [-0.15, -0.1) is 0 Å². The van der Waals surface area contributed by atoms with Gasteiger partial charge >= 0.3 is 5.97 Å². The second kappa shape index (κ2) is 7.39. The van der Waals surface area contributed by atoms with Crippen LogP contribution in [0.4, 0.5) is 0 Å². The van der Waals surface area contributed by atoms with Crippen molar-refractivity contribution in [3.8, 4) is 0 Å². The van der Waals surface area contributed by atoms with Gasteiger partial charge in [-0.2, -0.15) is 0 Å². The first kappa shape index (κ1) is 15.7. The van der Waals surface area contributed by atoms with Crippen molar-refractivity contribution in [1.82, 2.24) is 0 Å². The fraction of sp³-hybridized carbons (Fsp3) is 0.556. The first-order valence-electron chi connectivity index (χ1n) is 7.93. The van der Waals surface area contributed by atoms with E-state index in [0.29, 0.717) is 25.9 Å². The van der Waals surface area contributed by atoms with E-state index in [4.69, 9.17) is 4.74 Å². The van der Waals surface area contributed by atoms with E-state index in [2.05, 4.69) is 12.1 Å². The minimum absolute atomic E-state index is 0.0836. The zero-order chi connectivity index (χ0) is 15.1. The van der Waals surface area contributed by atoms with E-state index in [0.717, 1.165) is 25.7 Å². The summed E-state index contributed by atoms with van der Waals surface area (Å²) >= 11 is 0. The zero-order valence-electron chi connectivity index (χ0n) is 12.8. The molecule has 0 spiro atoms. The summed E-state index contributed by atoms with van der Waals surface area (Å²) in [5.41, 5.74) is 0.378. The second-order valence-electron chi connectivity index (χ2n) is 5.77. The van der Waals surface area contributed by atoms with Gasteiger partial charge in [0, 0.05) is 6.42 Å². The number of rotatable bonds is 6. The fourth-order valence-electron chi connectivity index (χ4n) is 3.18. The second-order valence-corrected chi connectivity index (χ2v) is 5.77. The summed E-state index contributed by atoms with van der Waals surface area (Å²) in [5.74, 6) is -0.219. The maximum Gasteiger partial charge on any atom is 0.319 e. The van der Waals surface area contributed by atoms with Gasteiger partial charge in [0.25, 0.3) is 0 Å². The van der Waals surface area contributed by atoms with Crippen molar-refractivity contribution in [2.45, 2.75) is 51.9 Å². The Kier molecular flexibility index (Phi) is 5.54.